The van der Waals surface area contributed by atoms with E-state index < -0.39 is 14.5 Å². The highest BCUT2D eigenvalue weighted by molar-refractivity contribution is 6.62. The van der Waals surface area contributed by atoms with Crippen LogP contribution in [0, 0.1) is 0 Å². The van der Waals surface area contributed by atoms with Crippen molar-refractivity contribution in [3.63, 3.8) is 0 Å². The van der Waals surface area contributed by atoms with Gasteiger partial charge >= 0.3 is 14.8 Å². The van der Waals surface area contributed by atoms with Gasteiger partial charge < -0.3 is 18.0 Å². The lowest BCUT2D eigenvalue weighted by Crippen LogP contribution is -2.58. The van der Waals surface area contributed by atoms with E-state index in [4.69, 9.17) is 18.0 Å². The molecule has 2 unspecified atom stereocenters. The molecule has 0 aromatic heterocycles. The predicted octanol–water partition coefficient (Wildman–Crippen LogP) is 4.87. The lowest BCUT2D eigenvalue weighted by atomic mass is 10.0. The average molecular weight is 397 g/mol. The molecule has 0 fully saturated rings. The predicted molar refractivity (Wildman–Crippen MR) is 110 cm³/mol. The Morgan fingerprint density at radius 2 is 1.37 bits per heavy atom. The topological polar surface area (TPSA) is 54.0 Å². The maximum Gasteiger partial charge on any atom is 0.544 e. The van der Waals surface area contributed by atoms with Crippen molar-refractivity contribution in [2.75, 3.05) is 19.8 Å². The van der Waals surface area contributed by atoms with Gasteiger partial charge in [0.1, 0.15) is 0 Å². The number of carbonyl (C=O) groups excluding carboxylic acids is 1. The second-order valence-electron chi connectivity index (χ2n) is 6.62. The highest BCUT2D eigenvalue weighted by atomic mass is 28.4. The third kappa shape index (κ3) is 7.37. The van der Waals surface area contributed by atoms with Crippen LogP contribution in [0.3, 0.4) is 0 Å². The van der Waals surface area contributed by atoms with Gasteiger partial charge in [-0.1, -0.05) is 58.0 Å². The van der Waals surface area contributed by atoms with Gasteiger partial charge in [0.2, 0.25) is 0 Å². The minimum absolute atomic E-state index is 0.273. The minimum Gasteiger partial charge on any atom is -0.457 e. The molecule has 0 spiro atoms. The molecule has 1 aromatic rings. The number of hydrogen-bond acceptors (Lipinski definition) is 5. The van der Waals surface area contributed by atoms with Crippen molar-refractivity contribution in [3.8, 4) is 0 Å². The molecule has 0 N–H and O–H groups in total. The molecular weight excluding hydrogens is 360 g/mol. The summed E-state index contributed by atoms with van der Waals surface area (Å²) in [6.45, 7) is 11.6. The third-order valence-corrected chi connectivity index (χ3v) is 7.33. The molecule has 1 rings (SSSR count). The van der Waals surface area contributed by atoms with Crippen molar-refractivity contribution in [2.24, 2.45) is 0 Å². The highest BCUT2D eigenvalue weighted by Gasteiger charge is 2.52. The summed E-state index contributed by atoms with van der Waals surface area (Å²) in [6.07, 6.45) is 3.15. The van der Waals surface area contributed by atoms with Crippen LogP contribution in [0.2, 0.25) is 0 Å². The maximum absolute atomic E-state index is 12.8. The SMILES string of the molecule is CCCO[Si](OCCC)(OCCC)C(CC)OC(=O)C(C)c1ccccc1. The fourth-order valence-corrected chi connectivity index (χ4v) is 5.70. The maximum atomic E-state index is 12.8. The number of hydrogen-bond donors (Lipinski definition) is 0. The number of carbonyl (C=O) groups is 1. The molecule has 1 aromatic carbocycles. The first kappa shape index (κ1) is 23.8. The van der Waals surface area contributed by atoms with Crippen LogP contribution in [0.4, 0.5) is 0 Å². The summed E-state index contributed by atoms with van der Waals surface area (Å²) >= 11 is 0. The van der Waals surface area contributed by atoms with Crippen molar-refractivity contribution in [2.45, 2.75) is 71.9 Å². The second kappa shape index (κ2) is 13.0. The van der Waals surface area contributed by atoms with Gasteiger partial charge in [-0.3, -0.25) is 4.79 Å². The molecule has 0 saturated heterocycles. The van der Waals surface area contributed by atoms with Crippen molar-refractivity contribution in [1.29, 1.82) is 0 Å². The van der Waals surface area contributed by atoms with E-state index in [9.17, 15) is 4.79 Å². The summed E-state index contributed by atoms with van der Waals surface area (Å²) in [7, 11) is -3.14. The van der Waals surface area contributed by atoms with Gasteiger partial charge in [0.15, 0.2) is 5.73 Å². The lowest BCUT2D eigenvalue weighted by Gasteiger charge is -2.35. The summed E-state index contributed by atoms with van der Waals surface area (Å²) in [5.41, 5.74) is 0.434. The molecule has 5 nitrogen and oxygen atoms in total. The Morgan fingerprint density at radius 3 is 1.78 bits per heavy atom. The molecule has 0 radical (unpaired) electrons. The van der Waals surface area contributed by atoms with E-state index in [1.54, 1.807) is 0 Å². The third-order valence-electron chi connectivity index (χ3n) is 4.20. The molecule has 154 valence electrons. The van der Waals surface area contributed by atoms with E-state index in [1.165, 1.54) is 0 Å². The number of esters is 1. The number of rotatable bonds is 14. The summed E-state index contributed by atoms with van der Waals surface area (Å²) in [6, 6.07) is 9.66. The Kier molecular flexibility index (Phi) is 11.5. The lowest BCUT2D eigenvalue weighted by molar-refractivity contribution is -0.151. The molecule has 0 bridgehead atoms. The monoisotopic (exact) mass is 396 g/mol. The highest BCUT2D eigenvalue weighted by Crippen LogP contribution is 2.25. The first-order valence-electron chi connectivity index (χ1n) is 10.2. The van der Waals surface area contributed by atoms with E-state index in [-0.39, 0.29) is 11.9 Å². The zero-order valence-electron chi connectivity index (χ0n) is 17.5. The van der Waals surface area contributed by atoms with E-state index >= 15 is 0 Å². The molecule has 0 saturated carbocycles. The van der Waals surface area contributed by atoms with Crippen molar-refractivity contribution in [1.82, 2.24) is 0 Å². The molecule has 0 aliphatic carbocycles. The summed E-state index contributed by atoms with van der Waals surface area (Å²) in [5, 5.41) is 0. The number of ether oxygens (including phenoxy) is 1. The smallest absolute Gasteiger partial charge is 0.457 e. The van der Waals surface area contributed by atoms with Crippen LogP contribution in [-0.2, 0) is 22.8 Å². The van der Waals surface area contributed by atoms with Crippen LogP contribution in [-0.4, -0.2) is 40.3 Å². The van der Waals surface area contributed by atoms with E-state index in [0.717, 1.165) is 24.8 Å². The fourth-order valence-electron chi connectivity index (χ4n) is 2.66. The zero-order chi connectivity index (χ0) is 20.1. The molecular formula is C21H36O5Si. The van der Waals surface area contributed by atoms with Gasteiger partial charge in [0.05, 0.1) is 5.92 Å². The first-order valence-corrected chi connectivity index (χ1v) is 12.0. The second-order valence-corrected chi connectivity index (χ2v) is 9.33. The molecule has 0 aliphatic rings. The molecule has 0 amide bonds. The summed E-state index contributed by atoms with van der Waals surface area (Å²) in [5.74, 6) is -0.624. The van der Waals surface area contributed by atoms with Crippen LogP contribution in [0.25, 0.3) is 0 Å². The summed E-state index contributed by atoms with van der Waals surface area (Å²) in [4.78, 5) is 12.8. The van der Waals surface area contributed by atoms with Crippen LogP contribution >= 0.6 is 0 Å². The van der Waals surface area contributed by atoms with E-state index in [0.29, 0.717) is 26.2 Å². The summed E-state index contributed by atoms with van der Waals surface area (Å²) < 4.78 is 24.3. The standard InChI is InChI=1S/C21H36O5Si/c1-6-15-23-27(24-16-7-2,25-17-8-3)20(9-4)26-21(22)18(5)19-13-11-10-12-14-19/h10-14,18,20H,6-9,15-17H2,1-5H3. The minimum atomic E-state index is -3.14. The van der Waals surface area contributed by atoms with Gasteiger partial charge in [-0.05, 0) is 38.2 Å². The van der Waals surface area contributed by atoms with Crippen LogP contribution in [0.15, 0.2) is 30.3 Å². The van der Waals surface area contributed by atoms with Gasteiger partial charge in [-0.15, -0.1) is 0 Å². The van der Waals surface area contributed by atoms with Crippen LogP contribution in [0.1, 0.15) is 71.8 Å². The van der Waals surface area contributed by atoms with Crippen LogP contribution in [0.5, 0.6) is 0 Å². The van der Waals surface area contributed by atoms with Gasteiger partial charge in [0, 0.05) is 19.8 Å². The molecule has 0 heterocycles. The zero-order valence-corrected chi connectivity index (χ0v) is 18.5. The van der Waals surface area contributed by atoms with E-state index in [2.05, 4.69) is 0 Å². The quantitative estimate of drug-likeness (QED) is 0.332. The Hall–Kier alpha value is -1.21. The Labute approximate surface area is 165 Å². The fraction of sp³-hybridized carbons (Fsp3) is 0.667. The van der Waals surface area contributed by atoms with Crippen molar-refractivity contribution in [3.05, 3.63) is 35.9 Å². The van der Waals surface area contributed by atoms with E-state index in [1.807, 2.05) is 65.0 Å². The van der Waals surface area contributed by atoms with Gasteiger partial charge in [-0.25, -0.2) is 0 Å². The Bertz CT molecular complexity index is 501. The molecule has 27 heavy (non-hydrogen) atoms. The van der Waals surface area contributed by atoms with Crippen molar-refractivity contribution >= 4 is 14.8 Å². The Morgan fingerprint density at radius 1 is 0.889 bits per heavy atom. The van der Waals surface area contributed by atoms with Crippen molar-refractivity contribution < 1.29 is 22.8 Å². The molecule has 0 aliphatic heterocycles. The largest absolute Gasteiger partial charge is 0.544 e. The Balaban J connectivity index is 3.00. The normalized spacial score (nSPS) is 14.0. The number of benzene rings is 1. The van der Waals surface area contributed by atoms with Crippen LogP contribution < -0.4 is 0 Å². The average Bonchev–Trinajstić information content (AvgIpc) is 2.71. The molecule has 6 heteroatoms. The first-order chi connectivity index (χ1) is 13.0. The molecule has 2 atom stereocenters. The van der Waals surface area contributed by atoms with Gasteiger partial charge in [0.25, 0.3) is 0 Å². The van der Waals surface area contributed by atoms with Gasteiger partial charge in [-0.2, -0.15) is 0 Å².